The Labute approximate surface area is 113 Å². The van der Waals surface area contributed by atoms with E-state index < -0.39 is 0 Å². The molecule has 0 unspecified atom stereocenters. The van der Waals surface area contributed by atoms with Gasteiger partial charge in [-0.1, -0.05) is 17.7 Å². The van der Waals surface area contributed by atoms with Crippen LogP contribution >= 0.6 is 11.6 Å². The number of halogens is 1. The van der Waals surface area contributed by atoms with Gasteiger partial charge in [0.15, 0.2) is 5.65 Å². The zero-order chi connectivity index (χ0) is 13.2. The quantitative estimate of drug-likeness (QED) is 0.723. The van der Waals surface area contributed by atoms with Crippen LogP contribution in [0.2, 0.25) is 5.15 Å². The molecular weight excluding hydrogens is 264 g/mol. The lowest BCUT2D eigenvalue weighted by Crippen LogP contribution is -2.02. The van der Waals surface area contributed by atoms with Crippen molar-refractivity contribution in [1.29, 1.82) is 5.26 Å². The normalized spacial score (nSPS) is 10.3. The second kappa shape index (κ2) is 4.55. The second-order valence-corrected chi connectivity index (χ2v) is 4.10. The average Bonchev–Trinajstić information content (AvgIpc) is 2.83. The summed E-state index contributed by atoms with van der Waals surface area (Å²) in [5.74, 6) is 1.25. The highest BCUT2D eigenvalue weighted by molar-refractivity contribution is 6.29. The van der Waals surface area contributed by atoms with Gasteiger partial charge >= 0.3 is 0 Å². The number of pyridine rings is 1. The summed E-state index contributed by atoms with van der Waals surface area (Å²) in [5.41, 5.74) is 0.778. The van der Waals surface area contributed by atoms with Gasteiger partial charge in [-0.15, -0.1) is 0 Å². The topological polar surface area (TPSA) is 78.9 Å². The molecule has 3 aromatic rings. The average molecular weight is 271 g/mol. The zero-order valence-electron chi connectivity index (χ0n) is 9.58. The highest BCUT2D eigenvalue weighted by Gasteiger charge is 2.10. The van der Waals surface area contributed by atoms with Crippen molar-refractivity contribution >= 4 is 28.9 Å². The minimum atomic E-state index is 0.280. The SMILES string of the molecule is N#Cc1cnn2c(Nc3ccccn3)cc(Cl)nc12. The van der Waals surface area contributed by atoms with Crippen LogP contribution in [0.1, 0.15) is 5.56 Å². The van der Waals surface area contributed by atoms with E-state index in [-0.39, 0.29) is 5.15 Å². The molecule has 0 atom stereocenters. The van der Waals surface area contributed by atoms with E-state index in [1.165, 1.54) is 10.7 Å². The first-order valence-corrected chi connectivity index (χ1v) is 5.78. The fraction of sp³-hybridized carbons (Fsp3) is 0. The molecule has 3 rings (SSSR count). The van der Waals surface area contributed by atoms with Crippen LogP contribution in [-0.4, -0.2) is 19.6 Å². The van der Waals surface area contributed by atoms with Gasteiger partial charge in [-0.05, 0) is 12.1 Å². The monoisotopic (exact) mass is 270 g/mol. The molecular formula is C12H7ClN6. The maximum absolute atomic E-state index is 8.98. The molecule has 0 aliphatic heterocycles. The Hall–Kier alpha value is -2.65. The number of nitrogens with zero attached hydrogens (tertiary/aromatic N) is 5. The van der Waals surface area contributed by atoms with E-state index in [2.05, 4.69) is 20.4 Å². The van der Waals surface area contributed by atoms with Crippen molar-refractivity contribution in [2.24, 2.45) is 0 Å². The molecule has 3 heterocycles. The highest BCUT2D eigenvalue weighted by atomic mass is 35.5. The maximum atomic E-state index is 8.98. The maximum Gasteiger partial charge on any atom is 0.176 e. The lowest BCUT2D eigenvalue weighted by atomic mass is 10.4. The number of anilines is 2. The summed E-state index contributed by atoms with van der Waals surface area (Å²) in [7, 11) is 0. The van der Waals surface area contributed by atoms with Crippen LogP contribution in [0.3, 0.4) is 0 Å². The van der Waals surface area contributed by atoms with E-state index in [1.54, 1.807) is 12.3 Å². The molecule has 0 spiro atoms. The molecule has 0 aromatic carbocycles. The smallest absolute Gasteiger partial charge is 0.176 e. The van der Waals surface area contributed by atoms with Crippen LogP contribution in [0.15, 0.2) is 36.7 Å². The molecule has 0 aliphatic carbocycles. The number of fused-ring (bicyclic) bond motifs is 1. The number of nitriles is 1. The van der Waals surface area contributed by atoms with E-state index in [1.807, 2.05) is 24.3 Å². The third-order valence-corrected chi connectivity index (χ3v) is 2.68. The first-order valence-electron chi connectivity index (χ1n) is 5.40. The van der Waals surface area contributed by atoms with Gasteiger partial charge in [-0.2, -0.15) is 14.9 Å². The minimum Gasteiger partial charge on any atom is -0.325 e. The summed E-state index contributed by atoms with van der Waals surface area (Å²) in [5, 5.41) is 16.4. The van der Waals surface area contributed by atoms with E-state index in [4.69, 9.17) is 16.9 Å². The van der Waals surface area contributed by atoms with Crippen LogP contribution in [0.25, 0.3) is 5.65 Å². The van der Waals surface area contributed by atoms with Crippen LogP contribution in [0, 0.1) is 11.3 Å². The van der Waals surface area contributed by atoms with Crippen molar-refractivity contribution in [3.8, 4) is 6.07 Å². The molecule has 0 aliphatic rings. The summed E-state index contributed by atoms with van der Waals surface area (Å²) >= 11 is 5.95. The Balaban J connectivity index is 2.14. The molecule has 0 radical (unpaired) electrons. The van der Waals surface area contributed by atoms with Crippen LogP contribution in [-0.2, 0) is 0 Å². The van der Waals surface area contributed by atoms with Gasteiger partial charge in [0, 0.05) is 12.3 Å². The summed E-state index contributed by atoms with van der Waals surface area (Å²) in [6.45, 7) is 0. The van der Waals surface area contributed by atoms with E-state index in [0.717, 1.165) is 0 Å². The first kappa shape index (κ1) is 11.4. The van der Waals surface area contributed by atoms with Gasteiger partial charge in [-0.25, -0.2) is 9.97 Å². The number of rotatable bonds is 2. The molecule has 6 nitrogen and oxygen atoms in total. The molecule has 0 saturated carbocycles. The van der Waals surface area contributed by atoms with Gasteiger partial charge < -0.3 is 5.32 Å². The molecule has 1 N–H and O–H groups in total. The van der Waals surface area contributed by atoms with Gasteiger partial charge in [-0.3, -0.25) is 0 Å². The molecule has 19 heavy (non-hydrogen) atoms. The van der Waals surface area contributed by atoms with Crippen molar-refractivity contribution < 1.29 is 0 Å². The predicted octanol–water partition coefficient (Wildman–Crippen LogP) is 2.39. The third kappa shape index (κ3) is 2.07. The minimum absolute atomic E-state index is 0.280. The molecule has 0 saturated heterocycles. The number of aromatic nitrogens is 4. The largest absolute Gasteiger partial charge is 0.325 e. The van der Waals surface area contributed by atoms with Crippen molar-refractivity contribution in [2.45, 2.75) is 0 Å². The summed E-state index contributed by atoms with van der Waals surface area (Å²) in [4.78, 5) is 8.25. The van der Waals surface area contributed by atoms with Gasteiger partial charge in [0.1, 0.15) is 28.4 Å². The van der Waals surface area contributed by atoms with Crippen molar-refractivity contribution in [1.82, 2.24) is 19.6 Å². The third-order valence-electron chi connectivity index (χ3n) is 2.48. The Morgan fingerprint density at radius 3 is 3.00 bits per heavy atom. The first-order chi connectivity index (χ1) is 9.28. The second-order valence-electron chi connectivity index (χ2n) is 3.71. The van der Waals surface area contributed by atoms with Gasteiger partial charge in [0.2, 0.25) is 0 Å². The molecule has 0 bridgehead atoms. The molecule has 0 fully saturated rings. The summed E-state index contributed by atoms with van der Waals surface area (Å²) in [6.07, 6.45) is 3.12. The summed E-state index contributed by atoms with van der Waals surface area (Å²) < 4.78 is 1.51. The lowest BCUT2D eigenvalue weighted by molar-refractivity contribution is 0.945. The number of hydrogen-bond donors (Lipinski definition) is 1. The molecule has 92 valence electrons. The predicted molar refractivity (Wildman–Crippen MR) is 70.2 cm³/mol. The Morgan fingerprint density at radius 1 is 1.37 bits per heavy atom. The van der Waals surface area contributed by atoms with E-state index >= 15 is 0 Å². The Morgan fingerprint density at radius 2 is 2.26 bits per heavy atom. The molecule has 3 aromatic heterocycles. The van der Waals surface area contributed by atoms with Crippen molar-refractivity contribution in [2.75, 3.05) is 5.32 Å². The lowest BCUT2D eigenvalue weighted by Gasteiger charge is -2.07. The highest BCUT2D eigenvalue weighted by Crippen LogP contribution is 2.20. The van der Waals surface area contributed by atoms with Crippen molar-refractivity contribution in [3.05, 3.63) is 47.4 Å². The fourth-order valence-electron chi connectivity index (χ4n) is 1.67. The van der Waals surface area contributed by atoms with Crippen LogP contribution in [0.5, 0.6) is 0 Å². The van der Waals surface area contributed by atoms with Gasteiger partial charge in [0.05, 0.1) is 6.20 Å². The van der Waals surface area contributed by atoms with Gasteiger partial charge in [0.25, 0.3) is 0 Å². The molecule has 7 heteroatoms. The zero-order valence-corrected chi connectivity index (χ0v) is 10.3. The van der Waals surface area contributed by atoms with E-state index in [9.17, 15) is 0 Å². The van der Waals surface area contributed by atoms with Crippen LogP contribution < -0.4 is 5.32 Å². The number of nitrogens with one attached hydrogen (secondary N) is 1. The Bertz CT molecular complexity index is 774. The van der Waals surface area contributed by atoms with E-state index in [0.29, 0.717) is 22.8 Å². The standard InChI is InChI=1S/C12H7ClN6/c13-9-5-11(18-10-3-1-2-4-15-10)19-12(17-9)8(6-14)7-16-19/h1-5,7H,(H,15,18). The Kier molecular flexibility index (Phi) is 2.74. The molecule has 0 amide bonds. The summed E-state index contributed by atoms with van der Waals surface area (Å²) in [6, 6.07) is 9.14. The number of hydrogen-bond acceptors (Lipinski definition) is 5. The van der Waals surface area contributed by atoms with Crippen molar-refractivity contribution in [3.63, 3.8) is 0 Å². The van der Waals surface area contributed by atoms with Crippen LogP contribution in [0.4, 0.5) is 11.6 Å². The fourth-order valence-corrected chi connectivity index (χ4v) is 1.85.